The molecule has 3 amide bonds. The highest BCUT2D eigenvalue weighted by atomic mass is 16.4. The third-order valence-corrected chi connectivity index (χ3v) is 4.96. The maximum Gasteiger partial charge on any atom is 0.326 e. The molecule has 0 radical (unpaired) electrons. The molecular weight excluding hydrogens is 432 g/mol. The van der Waals surface area contributed by atoms with E-state index < -0.39 is 59.9 Å². The predicted molar refractivity (Wildman–Crippen MR) is 120 cm³/mol. The number of aliphatic hydroxyl groups excluding tert-OH is 1. The average molecular weight is 469 g/mol. The Balaban J connectivity index is 2.86. The Bertz CT molecular complexity index is 795. The molecular formula is C21H36N6O6. The molecule has 0 aromatic carbocycles. The highest BCUT2D eigenvalue weighted by Crippen LogP contribution is 2.09. The van der Waals surface area contributed by atoms with E-state index in [0.717, 1.165) is 0 Å². The SMILES string of the molecule is CC(C)CC(NC(=O)C(NC(=O)C(NC(=O)C(N)Cc1cnc[nH]1)C(C)O)C(C)C)C(=O)O. The summed E-state index contributed by atoms with van der Waals surface area (Å²) in [4.78, 5) is 56.2. The Hall–Kier alpha value is -2.99. The minimum atomic E-state index is -1.37. The van der Waals surface area contributed by atoms with Gasteiger partial charge in [-0.05, 0) is 25.2 Å². The molecule has 5 unspecified atom stereocenters. The average Bonchev–Trinajstić information content (AvgIpc) is 3.21. The van der Waals surface area contributed by atoms with E-state index in [2.05, 4.69) is 25.9 Å². The Kier molecular flexibility index (Phi) is 11.0. The van der Waals surface area contributed by atoms with Crippen LogP contribution in [-0.2, 0) is 25.6 Å². The molecule has 1 heterocycles. The Labute approximate surface area is 193 Å². The third kappa shape index (κ3) is 9.18. The summed E-state index contributed by atoms with van der Waals surface area (Å²) in [7, 11) is 0. The molecule has 1 rings (SSSR count). The smallest absolute Gasteiger partial charge is 0.326 e. The lowest BCUT2D eigenvalue weighted by atomic mass is 9.99. The van der Waals surface area contributed by atoms with Gasteiger partial charge in [0.05, 0.1) is 18.5 Å². The van der Waals surface area contributed by atoms with Crippen LogP contribution in [0, 0.1) is 11.8 Å². The number of aromatic amines is 1. The minimum absolute atomic E-state index is 0.0271. The lowest BCUT2D eigenvalue weighted by Gasteiger charge is -2.28. The number of carboxylic acid groups (broad SMARTS) is 1. The predicted octanol–water partition coefficient (Wildman–Crippen LogP) is -1.10. The number of aliphatic carboxylic acids is 1. The first-order valence-corrected chi connectivity index (χ1v) is 10.9. The van der Waals surface area contributed by atoms with Gasteiger partial charge in [-0.2, -0.15) is 0 Å². The molecule has 0 saturated carbocycles. The summed E-state index contributed by atoms with van der Waals surface area (Å²) in [6.07, 6.45) is 2.04. The molecule has 5 atom stereocenters. The summed E-state index contributed by atoms with van der Waals surface area (Å²) in [5.41, 5.74) is 6.51. The fourth-order valence-corrected chi connectivity index (χ4v) is 3.12. The van der Waals surface area contributed by atoms with Gasteiger partial charge in [-0.1, -0.05) is 27.7 Å². The standard InChI is InChI=1S/C21H36N6O6/c1-10(2)6-15(21(32)33)25-19(30)16(11(3)4)26-20(31)17(12(5)28)27-18(29)14(22)7-13-8-23-9-24-13/h8-12,14-17,28H,6-7,22H2,1-5H3,(H,23,24)(H,25,30)(H,26,31)(H,27,29)(H,32,33). The zero-order valence-corrected chi connectivity index (χ0v) is 19.7. The second-order valence-corrected chi connectivity index (χ2v) is 8.87. The molecule has 0 bridgehead atoms. The van der Waals surface area contributed by atoms with Crippen LogP contribution in [0.25, 0.3) is 0 Å². The number of nitrogens with two attached hydrogens (primary N) is 1. The van der Waals surface area contributed by atoms with Crippen LogP contribution >= 0.6 is 0 Å². The molecule has 0 spiro atoms. The minimum Gasteiger partial charge on any atom is -0.480 e. The van der Waals surface area contributed by atoms with Crippen LogP contribution in [0.15, 0.2) is 12.5 Å². The summed E-state index contributed by atoms with van der Waals surface area (Å²) in [6.45, 7) is 8.34. The maximum absolute atomic E-state index is 12.8. The highest BCUT2D eigenvalue weighted by Gasteiger charge is 2.33. The number of nitrogens with one attached hydrogen (secondary N) is 4. The first kappa shape index (κ1) is 28.0. The lowest BCUT2D eigenvalue weighted by Crippen LogP contribution is -2.61. The van der Waals surface area contributed by atoms with Crippen molar-refractivity contribution in [2.24, 2.45) is 17.6 Å². The van der Waals surface area contributed by atoms with E-state index in [1.807, 2.05) is 13.8 Å². The van der Waals surface area contributed by atoms with Crippen LogP contribution in [-0.4, -0.2) is 74.1 Å². The molecule has 1 aromatic rings. The molecule has 33 heavy (non-hydrogen) atoms. The van der Waals surface area contributed by atoms with Crippen molar-refractivity contribution in [3.05, 3.63) is 18.2 Å². The fourth-order valence-electron chi connectivity index (χ4n) is 3.12. The molecule has 0 aliphatic rings. The van der Waals surface area contributed by atoms with Gasteiger partial charge in [0.15, 0.2) is 0 Å². The summed E-state index contributed by atoms with van der Waals surface area (Å²) in [5, 5.41) is 26.8. The molecule has 8 N–H and O–H groups in total. The van der Waals surface area contributed by atoms with Crippen LogP contribution < -0.4 is 21.7 Å². The third-order valence-electron chi connectivity index (χ3n) is 4.96. The number of nitrogens with zero attached hydrogens (tertiary/aromatic N) is 1. The first-order valence-electron chi connectivity index (χ1n) is 10.9. The van der Waals surface area contributed by atoms with Crippen molar-refractivity contribution in [1.82, 2.24) is 25.9 Å². The van der Waals surface area contributed by atoms with Gasteiger partial charge >= 0.3 is 5.97 Å². The van der Waals surface area contributed by atoms with Crippen LogP contribution in [0.1, 0.15) is 46.7 Å². The number of H-pyrrole nitrogens is 1. The van der Waals surface area contributed by atoms with Crippen molar-refractivity contribution in [3.63, 3.8) is 0 Å². The van der Waals surface area contributed by atoms with Crippen LogP contribution in [0.4, 0.5) is 0 Å². The first-order chi connectivity index (χ1) is 15.3. The van der Waals surface area contributed by atoms with Gasteiger partial charge in [0.1, 0.15) is 18.1 Å². The summed E-state index contributed by atoms with van der Waals surface area (Å²) in [6, 6.07) is -4.56. The number of imidazole rings is 1. The van der Waals surface area contributed by atoms with Gasteiger partial charge < -0.3 is 36.9 Å². The topological polar surface area (TPSA) is 200 Å². The number of carbonyl (C=O) groups is 4. The van der Waals surface area contributed by atoms with Gasteiger partial charge in [0.25, 0.3) is 0 Å². The van der Waals surface area contributed by atoms with Crippen LogP contribution in [0.5, 0.6) is 0 Å². The molecule has 0 aliphatic heterocycles. The molecule has 0 aliphatic carbocycles. The number of amides is 3. The van der Waals surface area contributed by atoms with Crippen molar-refractivity contribution in [2.45, 2.75) is 77.7 Å². The molecule has 0 saturated heterocycles. The van der Waals surface area contributed by atoms with E-state index in [-0.39, 0.29) is 18.8 Å². The molecule has 186 valence electrons. The monoisotopic (exact) mass is 468 g/mol. The zero-order valence-electron chi connectivity index (χ0n) is 19.7. The second kappa shape index (κ2) is 12.9. The molecule has 12 heteroatoms. The van der Waals surface area contributed by atoms with Gasteiger partial charge in [0, 0.05) is 18.3 Å². The highest BCUT2D eigenvalue weighted by molar-refractivity contribution is 5.94. The van der Waals surface area contributed by atoms with Crippen LogP contribution in [0.3, 0.4) is 0 Å². The van der Waals surface area contributed by atoms with Crippen molar-refractivity contribution in [1.29, 1.82) is 0 Å². The summed E-state index contributed by atoms with van der Waals surface area (Å²) < 4.78 is 0. The van der Waals surface area contributed by atoms with Gasteiger partial charge in [-0.25, -0.2) is 9.78 Å². The number of aliphatic hydroxyl groups is 1. The summed E-state index contributed by atoms with van der Waals surface area (Å²) >= 11 is 0. The summed E-state index contributed by atoms with van der Waals surface area (Å²) in [5.74, 6) is -3.67. The van der Waals surface area contributed by atoms with E-state index in [0.29, 0.717) is 5.69 Å². The van der Waals surface area contributed by atoms with E-state index in [9.17, 15) is 29.4 Å². The van der Waals surface area contributed by atoms with E-state index in [1.165, 1.54) is 19.4 Å². The van der Waals surface area contributed by atoms with Gasteiger partial charge in [-0.3, -0.25) is 14.4 Å². The maximum atomic E-state index is 12.8. The number of carboxylic acids is 1. The van der Waals surface area contributed by atoms with Gasteiger partial charge in [-0.15, -0.1) is 0 Å². The van der Waals surface area contributed by atoms with E-state index in [1.54, 1.807) is 13.8 Å². The number of carbonyl (C=O) groups excluding carboxylic acids is 3. The molecule has 12 nitrogen and oxygen atoms in total. The number of hydrogen-bond acceptors (Lipinski definition) is 7. The Morgan fingerprint density at radius 1 is 1.00 bits per heavy atom. The van der Waals surface area contributed by atoms with Gasteiger partial charge in [0.2, 0.25) is 17.7 Å². The number of rotatable bonds is 13. The lowest BCUT2D eigenvalue weighted by molar-refractivity contribution is -0.143. The number of aromatic nitrogens is 2. The number of hydrogen-bond donors (Lipinski definition) is 7. The van der Waals surface area contributed by atoms with Crippen molar-refractivity contribution < 1.29 is 29.4 Å². The second-order valence-electron chi connectivity index (χ2n) is 8.87. The quantitative estimate of drug-likeness (QED) is 0.189. The van der Waals surface area contributed by atoms with Crippen molar-refractivity contribution in [3.8, 4) is 0 Å². The van der Waals surface area contributed by atoms with Crippen LogP contribution in [0.2, 0.25) is 0 Å². The Morgan fingerprint density at radius 2 is 1.58 bits per heavy atom. The molecule has 0 fully saturated rings. The molecule has 1 aromatic heterocycles. The van der Waals surface area contributed by atoms with E-state index in [4.69, 9.17) is 5.73 Å². The Morgan fingerprint density at radius 3 is 2.03 bits per heavy atom. The largest absolute Gasteiger partial charge is 0.480 e. The fraction of sp³-hybridized carbons (Fsp3) is 0.667. The van der Waals surface area contributed by atoms with E-state index >= 15 is 0 Å². The van der Waals surface area contributed by atoms with Crippen molar-refractivity contribution >= 4 is 23.7 Å². The zero-order chi connectivity index (χ0) is 25.3. The normalized spacial score (nSPS) is 15.9. The van der Waals surface area contributed by atoms with Crippen molar-refractivity contribution in [2.75, 3.05) is 0 Å².